The zero-order valence-corrected chi connectivity index (χ0v) is 13.3. The molecule has 0 bridgehead atoms. The second-order valence-electron chi connectivity index (χ2n) is 4.61. The van der Waals surface area contributed by atoms with Crippen molar-refractivity contribution in [1.82, 2.24) is 9.71 Å². The maximum atomic E-state index is 12.2. The Labute approximate surface area is 134 Å². The third-order valence-electron chi connectivity index (χ3n) is 3.00. The van der Waals surface area contributed by atoms with E-state index in [1.165, 1.54) is 31.4 Å². The average molecular weight is 335 g/mol. The number of amides is 1. The van der Waals surface area contributed by atoms with Crippen molar-refractivity contribution in [3.63, 3.8) is 0 Å². The summed E-state index contributed by atoms with van der Waals surface area (Å²) in [5, 5.41) is 2.45. The molecule has 1 aromatic carbocycles. The third kappa shape index (κ3) is 5.04. The van der Waals surface area contributed by atoms with Gasteiger partial charge >= 0.3 is 6.09 Å². The number of nitrogens with one attached hydrogen (secondary N) is 2. The molecule has 1 aromatic heterocycles. The van der Waals surface area contributed by atoms with E-state index in [1.807, 2.05) is 12.1 Å². The zero-order valence-electron chi connectivity index (χ0n) is 12.5. The minimum Gasteiger partial charge on any atom is -0.453 e. The number of sulfonamides is 1. The number of benzene rings is 1. The van der Waals surface area contributed by atoms with Crippen molar-refractivity contribution in [3.05, 3.63) is 54.4 Å². The first-order valence-electron chi connectivity index (χ1n) is 6.86. The molecule has 0 aliphatic carbocycles. The summed E-state index contributed by atoms with van der Waals surface area (Å²) in [7, 11) is -2.35. The molecule has 1 heterocycles. The summed E-state index contributed by atoms with van der Waals surface area (Å²) in [6.07, 6.45) is 1.55. The Morgan fingerprint density at radius 1 is 1.17 bits per heavy atom. The summed E-state index contributed by atoms with van der Waals surface area (Å²) in [5.74, 6) is 0. The molecule has 122 valence electrons. The van der Waals surface area contributed by atoms with Gasteiger partial charge in [-0.2, -0.15) is 0 Å². The van der Waals surface area contributed by atoms with E-state index in [2.05, 4.69) is 19.8 Å². The van der Waals surface area contributed by atoms with Crippen LogP contribution in [0.1, 0.15) is 5.69 Å². The van der Waals surface area contributed by atoms with Gasteiger partial charge in [0.25, 0.3) is 0 Å². The van der Waals surface area contributed by atoms with Gasteiger partial charge in [-0.25, -0.2) is 17.9 Å². The molecule has 0 aliphatic heterocycles. The van der Waals surface area contributed by atoms with Gasteiger partial charge in [-0.1, -0.05) is 6.07 Å². The number of ether oxygens (including phenoxy) is 1. The normalized spacial score (nSPS) is 11.0. The molecule has 0 radical (unpaired) electrons. The van der Waals surface area contributed by atoms with Crippen molar-refractivity contribution in [2.45, 2.75) is 11.3 Å². The van der Waals surface area contributed by atoms with E-state index >= 15 is 0 Å². The van der Waals surface area contributed by atoms with Crippen LogP contribution in [0.5, 0.6) is 0 Å². The summed E-state index contributed by atoms with van der Waals surface area (Å²) in [5.41, 5.74) is 1.26. The Morgan fingerprint density at radius 2 is 1.91 bits per heavy atom. The molecule has 7 nitrogen and oxygen atoms in total. The number of hydrogen-bond donors (Lipinski definition) is 2. The van der Waals surface area contributed by atoms with Crippen molar-refractivity contribution in [2.75, 3.05) is 19.0 Å². The first-order valence-corrected chi connectivity index (χ1v) is 8.34. The first-order chi connectivity index (χ1) is 11.0. The monoisotopic (exact) mass is 335 g/mol. The molecule has 0 atom stereocenters. The predicted octanol–water partition coefficient (Wildman–Crippen LogP) is 1.78. The van der Waals surface area contributed by atoms with Gasteiger partial charge in [0, 0.05) is 30.5 Å². The molecular weight excluding hydrogens is 318 g/mol. The predicted molar refractivity (Wildman–Crippen MR) is 85.6 cm³/mol. The van der Waals surface area contributed by atoms with Crippen molar-refractivity contribution in [1.29, 1.82) is 0 Å². The van der Waals surface area contributed by atoms with Crippen molar-refractivity contribution in [2.24, 2.45) is 0 Å². The van der Waals surface area contributed by atoms with Gasteiger partial charge in [0.1, 0.15) is 0 Å². The van der Waals surface area contributed by atoms with Gasteiger partial charge < -0.3 is 4.74 Å². The summed E-state index contributed by atoms with van der Waals surface area (Å²) >= 11 is 0. The Kier molecular flexibility index (Phi) is 5.67. The van der Waals surface area contributed by atoms with E-state index < -0.39 is 16.1 Å². The number of rotatable bonds is 6. The number of carbonyl (C=O) groups excluding carboxylic acids is 1. The molecular formula is C15H17N3O4S. The number of methoxy groups -OCH3 is 1. The van der Waals surface area contributed by atoms with Crippen LogP contribution in [-0.4, -0.2) is 33.1 Å². The number of anilines is 1. The Hall–Kier alpha value is -2.45. The van der Waals surface area contributed by atoms with Crippen molar-refractivity contribution >= 4 is 21.8 Å². The topological polar surface area (TPSA) is 97.4 Å². The third-order valence-corrected chi connectivity index (χ3v) is 4.47. The number of carbonyl (C=O) groups is 1. The van der Waals surface area contributed by atoms with E-state index in [0.29, 0.717) is 12.1 Å². The molecule has 23 heavy (non-hydrogen) atoms. The van der Waals surface area contributed by atoms with E-state index in [-0.39, 0.29) is 11.4 Å². The summed E-state index contributed by atoms with van der Waals surface area (Å²) < 4.78 is 31.3. The number of hydrogen-bond acceptors (Lipinski definition) is 5. The lowest BCUT2D eigenvalue weighted by molar-refractivity contribution is 0.187. The largest absolute Gasteiger partial charge is 0.453 e. The zero-order chi connectivity index (χ0) is 16.7. The van der Waals surface area contributed by atoms with Gasteiger partial charge in [0.2, 0.25) is 10.0 Å². The molecule has 0 saturated heterocycles. The molecule has 0 saturated carbocycles. The van der Waals surface area contributed by atoms with Crippen LogP contribution in [0.15, 0.2) is 53.6 Å². The van der Waals surface area contributed by atoms with Crippen LogP contribution in [0.25, 0.3) is 0 Å². The second kappa shape index (κ2) is 7.70. The van der Waals surface area contributed by atoms with Crippen LogP contribution >= 0.6 is 0 Å². The van der Waals surface area contributed by atoms with E-state index in [9.17, 15) is 13.2 Å². The fraction of sp³-hybridized carbons (Fsp3) is 0.200. The van der Waals surface area contributed by atoms with Crippen LogP contribution in [0, 0.1) is 0 Å². The summed E-state index contributed by atoms with van der Waals surface area (Å²) in [4.78, 5) is 15.3. The SMILES string of the molecule is COC(=O)Nc1ccc(S(=O)(=O)NCCc2ccccn2)cc1. The van der Waals surface area contributed by atoms with Crippen molar-refractivity contribution < 1.29 is 17.9 Å². The maximum absolute atomic E-state index is 12.2. The molecule has 0 spiro atoms. The molecule has 2 rings (SSSR count). The highest BCUT2D eigenvalue weighted by molar-refractivity contribution is 7.89. The lowest BCUT2D eigenvalue weighted by Gasteiger charge is -2.08. The number of pyridine rings is 1. The quantitative estimate of drug-likeness (QED) is 0.838. The highest BCUT2D eigenvalue weighted by Crippen LogP contribution is 2.14. The first kappa shape index (κ1) is 16.9. The molecule has 0 fully saturated rings. The number of nitrogens with zero attached hydrogens (tertiary/aromatic N) is 1. The van der Waals surface area contributed by atoms with Crippen molar-refractivity contribution in [3.8, 4) is 0 Å². The minimum atomic E-state index is -3.60. The number of aromatic nitrogens is 1. The maximum Gasteiger partial charge on any atom is 0.411 e. The van der Waals surface area contributed by atoms with E-state index in [0.717, 1.165) is 5.69 Å². The lowest BCUT2D eigenvalue weighted by atomic mass is 10.3. The van der Waals surface area contributed by atoms with Gasteiger partial charge in [0.15, 0.2) is 0 Å². The molecule has 2 aromatic rings. The lowest BCUT2D eigenvalue weighted by Crippen LogP contribution is -2.26. The molecule has 1 amide bonds. The van der Waals surface area contributed by atoms with Gasteiger partial charge in [0.05, 0.1) is 12.0 Å². The highest BCUT2D eigenvalue weighted by Gasteiger charge is 2.13. The van der Waals surface area contributed by atoms with E-state index in [1.54, 1.807) is 12.3 Å². The van der Waals surface area contributed by atoms with Crippen LogP contribution in [0.3, 0.4) is 0 Å². The smallest absolute Gasteiger partial charge is 0.411 e. The van der Waals surface area contributed by atoms with E-state index in [4.69, 9.17) is 0 Å². The Balaban J connectivity index is 1.95. The Bertz CT molecular complexity index is 746. The average Bonchev–Trinajstić information content (AvgIpc) is 2.56. The Morgan fingerprint density at radius 3 is 2.52 bits per heavy atom. The fourth-order valence-corrected chi connectivity index (χ4v) is 2.86. The fourth-order valence-electron chi connectivity index (χ4n) is 1.83. The van der Waals surface area contributed by atoms with Crippen LogP contribution in [0.2, 0.25) is 0 Å². The van der Waals surface area contributed by atoms with Gasteiger partial charge in [-0.15, -0.1) is 0 Å². The van der Waals surface area contributed by atoms with Gasteiger partial charge in [-0.05, 0) is 36.4 Å². The molecule has 2 N–H and O–H groups in total. The summed E-state index contributed by atoms with van der Waals surface area (Å²) in [6.45, 7) is 0.251. The standard InChI is InChI=1S/C15H17N3O4S/c1-22-15(19)18-13-5-7-14(8-6-13)23(20,21)17-11-9-12-4-2-3-10-16-12/h2-8,10,17H,9,11H2,1H3,(H,18,19). The van der Waals surface area contributed by atoms with Gasteiger partial charge in [-0.3, -0.25) is 10.3 Å². The highest BCUT2D eigenvalue weighted by atomic mass is 32.2. The second-order valence-corrected chi connectivity index (χ2v) is 6.38. The molecule has 0 unspecified atom stereocenters. The van der Waals surface area contributed by atoms with Crippen LogP contribution < -0.4 is 10.0 Å². The van der Waals surface area contributed by atoms with Crippen LogP contribution in [-0.2, 0) is 21.2 Å². The summed E-state index contributed by atoms with van der Waals surface area (Å²) in [6, 6.07) is 11.3. The molecule has 8 heteroatoms. The minimum absolute atomic E-state index is 0.119. The molecule has 0 aliphatic rings. The van der Waals surface area contributed by atoms with Crippen LogP contribution in [0.4, 0.5) is 10.5 Å².